The average Bonchev–Trinajstić information content (AvgIpc) is 3.10. The quantitative estimate of drug-likeness (QED) is 0.628. The molecule has 3 aromatic rings. The van der Waals surface area contributed by atoms with Gasteiger partial charge in [0.2, 0.25) is 0 Å². The number of amides is 1. The molecule has 0 saturated carbocycles. The van der Waals surface area contributed by atoms with Crippen LogP contribution in [0.15, 0.2) is 42.5 Å². The number of fused-ring (bicyclic) bond motifs is 1. The van der Waals surface area contributed by atoms with Gasteiger partial charge >= 0.3 is 0 Å². The fourth-order valence-corrected chi connectivity index (χ4v) is 4.36. The second-order valence-corrected chi connectivity index (χ2v) is 8.10. The first kappa shape index (κ1) is 18.3. The third kappa shape index (κ3) is 4.29. The topological polar surface area (TPSA) is 45.7 Å². The molecule has 0 bridgehead atoms. The van der Waals surface area contributed by atoms with Gasteiger partial charge in [-0.3, -0.25) is 4.79 Å². The summed E-state index contributed by atoms with van der Waals surface area (Å²) in [6.07, 6.45) is 0. The molecule has 0 aliphatic carbocycles. The predicted octanol–water partition coefficient (Wildman–Crippen LogP) is 4.33. The molecule has 0 atom stereocenters. The molecule has 8 heteroatoms. The third-order valence-electron chi connectivity index (χ3n) is 4.42. The fraction of sp³-hybridized carbons (Fsp3) is 0.263. The number of nitrogens with zero attached hydrogens (tertiary/aromatic N) is 3. The van der Waals surface area contributed by atoms with E-state index in [0.29, 0.717) is 28.9 Å². The lowest BCUT2D eigenvalue weighted by molar-refractivity contribution is -0.133. The van der Waals surface area contributed by atoms with Gasteiger partial charge in [-0.2, -0.15) is 0 Å². The first-order valence-electron chi connectivity index (χ1n) is 8.56. The maximum Gasteiger partial charge on any atom is 0.260 e. The van der Waals surface area contributed by atoms with Gasteiger partial charge in [-0.25, -0.2) is 4.98 Å². The van der Waals surface area contributed by atoms with E-state index in [1.54, 1.807) is 35.6 Å². The van der Waals surface area contributed by atoms with Crippen LogP contribution >= 0.6 is 34.5 Å². The summed E-state index contributed by atoms with van der Waals surface area (Å²) in [4.78, 5) is 21.1. The molecule has 1 fully saturated rings. The van der Waals surface area contributed by atoms with E-state index in [1.807, 2.05) is 23.1 Å². The van der Waals surface area contributed by atoms with E-state index in [2.05, 4.69) is 9.88 Å². The van der Waals surface area contributed by atoms with Gasteiger partial charge in [-0.15, -0.1) is 0 Å². The number of thiazole rings is 1. The van der Waals surface area contributed by atoms with Crippen molar-refractivity contribution in [2.45, 2.75) is 0 Å². The third-order valence-corrected chi connectivity index (χ3v) is 5.98. The Labute approximate surface area is 171 Å². The number of hydrogen-bond acceptors (Lipinski definition) is 5. The summed E-state index contributed by atoms with van der Waals surface area (Å²) >= 11 is 13.5. The Balaban J connectivity index is 1.32. The smallest absolute Gasteiger partial charge is 0.260 e. The Morgan fingerprint density at radius 2 is 1.74 bits per heavy atom. The molecule has 1 aliphatic heterocycles. The van der Waals surface area contributed by atoms with Gasteiger partial charge < -0.3 is 14.5 Å². The summed E-state index contributed by atoms with van der Waals surface area (Å²) < 4.78 is 6.63. The molecule has 1 saturated heterocycles. The summed E-state index contributed by atoms with van der Waals surface area (Å²) in [6.45, 7) is 2.83. The van der Waals surface area contributed by atoms with E-state index in [0.717, 1.165) is 28.4 Å². The zero-order valence-electron chi connectivity index (χ0n) is 14.4. The van der Waals surface area contributed by atoms with Crippen molar-refractivity contribution in [3.63, 3.8) is 0 Å². The summed E-state index contributed by atoms with van der Waals surface area (Å²) in [5.74, 6) is 0.625. The largest absolute Gasteiger partial charge is 0.484 e. The summed E-state index contributed by atoms with van der Waals surface area (Å²) in [7, 11) is 0. The van der Waals surface area contributed by atoms with Crippen molar-refractivity contribution >= 4 is 55.8 Å². The molecule has 0 unspecified atom stereocenters. The molecule has 27 heavy (non-hydrogen) atoms. The number of hydrogen-bond donors (Lipinski definition) is 0. The Hall–Kier alpha value is -2.02. The number of rotatable bonds is 4. The summed E-state index contributed by atoms with van der Waals surface area (Å²) in [6, 6.07) is 12.7. The number of carbonyl (C=O) groups excluding carboxylic acids is 1. The van der Waals surface area contributed by atoms with Crippen LogP contribution in [0.5, 0.6) is 5.75 Å². The van der Waals surface area contributed by atoms with Crippen molar-refractivity contribution in [2.75, 3.05) is 37.7 Å². The molecule has 1 aliphatic rings. The van der Waals surface area contributed by atoms with Gasteiger partial charge in [0.15, 0.2) is 11.7 Å². The van der Waals surface area contributed by atoms with Crippen molar-refractivity contribution in [1.29, 1.82) is 0 Å². The number of halogens is 2. The van der Waals surface area contributed by atoms with Crippen LogP contribution in [0.4, 0.5) is 5.13 Å². The molecule has 140 valence electrons. The molecular weight excluding hydrogens is 405 g/mol. The lowest BCUT2D eigenvalue weighted by Crippen LogP contribution is -2.50. The standard InChI is InChI=1S/C19H17Cl2N3O2S/c20-13-1-4-15(5-2-13)26-12-18(25)23-7-9-24(10-8-23)19-22-16-6-3-14(21)11-17(16)27-19/h1-6,11H,7-10,12H2. The summed E-state index contributed by atoms with van der Waals surface area (Å²) in [5, 5.41) is 2.33. The Morgan fingerprint density at radius 3 is 2.48 bits per heavy atom. The van der Waals surface area contributed by atoms with Crippen LogP contribution < -0.4 is 9.64 Å². The first-order chi connectivity index (χ1) is 13.1. The van der Waals surface area contributed by atoms with Crippen molar-refractivity contribution < 1.29 is 9.53 Å². The van der Waals surface area contributed by atoms with E-state index in [9.17, 15) is 4.79 Å². The lowest BCUT2D eigenvalue weighted by atomic mass is 10.3. The number of anilines is 1. The highest BCUT2D eigenvalue weighted by molar-refractivity contribution is 7.22. The zero-order chi connectivity index (χ0) is 18.8. The van der Waals surface area contributed by atoms with Gasteiger partial charge in [0.05, 0.1) is 10.2 Å². The molecule has 1 amide bonds. The van der Waals surface area contributed by atoms with Gasteiger partial charge in [0.1, 0.15) is 5.75 Å². The van der Waals surface area contributed by atoms with Crippen LogP contribution in [0.2, 0.25) is 10.0 Å². The maximum atomic E-state index is 12.4. The summed E-state index contributed by atoms with van der Waals surface area (Å²) in [5.41, 5.74) is 0.953. The SMILES string of the molecule is O=C(COc1ccc(Cl)cc1)N1CCN(c2nc3ccc(Cl)cc3s2)CC1. The van der Waals surface area contributed by atoms with Crippen LogP contribution in [0.1, 0.15) is 0 Å². The molecule has 4 rings (SSSR count). The number of piperazine rings is 1. The number of benzene rings is 2. The monoisotopic (exact) mass is 421 g/mol. The average molecular weight is 422 g/mol. The van der Waals surface area contributed by atoms with Gasteiger partial charge in [-0.05, 0) is 42.5 Å². The van der Waals surface area contributed by atoms with Crippen LogP contribution in [0.25, 0.3) is 10.2 Å². The normalized spacial score (nSPS) is 14.6. The van der Waals surface area contributed by atoms with E-state index in [4.69, 9.17) is 27.9 Å². The molecule has 2 aromatic carbocycles. The predicted molar refractivity (Wildman–Crippen MR) is 110 cm³/mol. The highest BCUT2D eigenvalue weighted by Gasteiger charge is 2.23. The van der Waals surface area contributed by atoms with Crippen LogP contribution in [-0.2, 0) is 4.79 Å². The minimum atomic E-state index is -0.0133. The maximum absolute atomic E-state index is 12.4. The van der Waals surface area contributed by atoms with Crippen molar-refractivity contribution in [3.05, 3.63) is 52.5 Å². The second-order valence-electron chi connectivity index (χ2n) is 6.22. The Morgan fingerprint density at radius 1 is 1.04 bits per heavy atom. The van der Waals surface area contributed by atoms with Crippen LogP contribution in [0.3, 0.4) is 0 Å². The minimum Gasteiger partial charge on any atom is -0.484 e. The second kappa shape index (κ2) is 7.92. The number of carbonyl (C=O) groups is 1. The van der Waals surface area contributed by atoms with Crippen molar-refractivity contribution in [2.24, 2.45) is 0 Å². The highest BCUT2D eigenvalue weighted by Crippen LogP contribution is 2.31. The highest BCUT2D eigenvalue weighted by atomic mass is 35.5. The van der Waals surface area contributed by atoms with Crippen molar-refractivity contribution in [3.8, 4) is 5.75 Å². The molecule has 5 nitrogen and oxygen atoms in total. The van der Waals surface area contributed by atoms with E-state index >= 15 is 0 Å². The van der Waals surface area contributed by atoms with Gasteiger partial charge in [-0.1, -0.05) is 34.5 Å². The number of aromatic nitrogens is 1. The molecule has 1 aromatic heterocycles. The molecule has 0 N–H and O–H groups in total. The van der Waals surface area contributed by atoms with Gasteiger partial charge in [0, 0.05) is 36.2 Å². The zero-order valence-corrected chi connectivity index (χ0v) is 16.7. The van der Waals surface area contributed by atoms with E-state index < -0.39 is 0 Å². The van der Waals surface area contributed by atoms with E-state index in [-0.39, 0.29) is 12.5 Å². The minimum absolute atomic E-state index is 0.0133. The van der Waals surface area contributed by atoms with Crippen molar-refractivity contribution in [1.82, 2.24) is 9.88 Å². The molecule has 0 radical (unpaired) electrons. The first-order valence-corrected chi connectivity index (χ1v) is 10.1. The van der Waals surface area contributed by atoms with Gasteiger partial charge in [0.25, 0.3) is 5.91 Å². The number of ether oxygens (including phenoxy) is 1. The van der Waals surface area contributed by atoms with Crippen LogP contribution in [-0.4, -0.2) is 48.6 Å². The Bertz CT molecular complexity index is 953. The fourth-order valence-electron chi connectivity index (χ4n) is 2.94. The molecule has 2 heterocycles. The van der Waals surface area contributed by atoms with Crippen LogP contribution in [0, 0.1) is 0 Å². The Kier molecular flexibility index (Phi) is 5.38. The molecular formula is C19H17Cl2N3O2S. The van der Waals surface area contributed by atoms with E-state index in [1.165, 1.54) is 0 Å². The molecule has 0 spiro atoms. The lowest BCUT2D eigenvalue weighted by Gasteiger charge is -2.34.